The number of nitrogens with zero attached hydrogens (tertiary/aromatic N) is 2. The largest absolute Gasteiger partial charge is 0.341 e. The van der Waals surface area contributed by atoms with Crippen LogP contribution in [0, 0.1) is 5.82 Å². The average molecular weight is 440 g/mol. The van der Waals surface area contributed by atoms with Crippen LogP contribution in [0.15, 0.2) is 59.6 Å². The lowest BCUT2D eigenvalue weighted by molar-refractivity contribution is -0.131. The fourth-order valence-corrected chi connectivity index (χ4v) is 4.81. The second kappa shape index (κ2) is 10.0. The highest BCUT2D eigenvalue weighted by Gasteiger charge is 2.18. The number of thioether (sulfide) groups is 1. The Labute approximate surface area is 185 Å². The summed E-state index contributed by atoms with van der Waals surface area (Å²) in [4.78, 5) is 28.1. The van der Waals surface area contributed by atoms with E-state index in [0.717, 1.165) is 41.7 Å². The molecule has 2 amide bonds. The van der Waals surface area contributed by atoms with Crippen molar-refractivity contribution in [1.29, 1.82) is 0 Å². The molecular formula is C24H26FN3O2S. The lowest BCUT2D eigenvalue weighted by Gasteiger charge is -2.20. The first-order valence-corrected chi connectivity index (χ1v) is 11.6. The van der Waals surface area contributed by atoms with Crippen molar-refractivity contribution < 1.29 is 14.0 Å². The van der Waals surface area contributed by atoms with E-state index in [1.165, 1.54) is 36.7 Å². The SMILES string of the molecule is O=C(CSc1cn(CC(=O)N2CCCCCC2)c2ccccc12)Nc1ccccc1F. The molecule has 0 unspecified atom stereocenters. The van der Waals surface area contributed by atoms with E-state index in [2.05, 4.69) is 5.32 Å². The third kappa shape index (κ3) is 5.28. The van der Waals surface area contributed by atoms with Crippen LogP contribution < -0.4 is 5.32 Å². The molecule has 1 aliphatic heterocycles. The molecule has 31 heavy (non-hydrogen) atoms. The molecule has 1 saturated heterocycles. The molecule has 0 bridgehead atoms. The molecule has 4 rings (SSSR count). The van der Waals surface area contributed by atoms with Gasteiger partial charge >= 0.3 is 0 Å². The second-order valence-corrected chi connectivity index (χ2v) is 8.77. The number of likely N-dealkylation sites (tertiary alicyclic amines) is 1. The van der Waals surface area contributed by atoms with E-state index < -0.39 is 5.82 Å². The summed E-state index contributed by atoms with van der Waals surface area (Å²) >= 11 is 1.39. The van der Waals surface area contributed by atoms with Gasteiger partial charge in [-0.05, 0) is 31.0 Å². The van der Waals surface area contributed by atoms with Crippen LogP contribution in [0.4, 0.5) is 10.1 Å². The molecule has 5 nitrogen and oxygen atoms in total. The molecule has 162 valence electrons. The van der Waals surface area contributed by atoms with Gasteiger partial charge < -0.3 is 14.8 Å². The van der Waals surface area contributed by atoms with Gasteiger partial charge in [-0.25, -0.2) is 4.39 Å². The van der Waals surface area contributed by atoms with Gasteiger partial charge in [0.15, 0.2) is 0 Å². The summed E-state index contributed by atoms with van der Waals surface area (Å²) in [7, 11) is 0. The number of amides is 2. The minimum Gasteiger partial charge on any atom is -0.341 e. The van der Waals surface area contributed by atoms with E-state index in [1.807, 2.05) is 39.9 Å². The van der Waals surface area contributed by atoms with Crippen molar-refractivity contribution in [3.8, 4) is 0 Å². The Morgan fingerprint density at radius 2 is 1.68 bits per heavy atom. The van der Waals surface area contributed by atoms with Crippen molar-refractivity contribution in [2.75, 3.05) is 24.2 Å². The van der Waals surface area contributed by atoms with Gasteiger partial charge in [0.25, 0.3) is 0 Å². The molecule has 1 aromatic heterocycles. The number of halogens is 1. The van der Waals surface area contributed by atoms with Gasteiger partial charge in [0.2, 0.25) is 11.8 Å². The third-order valence-electron chi connectivity index (χ3n) is 5.52. The molecule has 0 spiro atoms. The Bertz CT molecular complexity index is 1070. The van der Waals surface area contributed by atoms with Crippen LogP contribution in [0.5, 0.6) is 0 Å². The summed E-state index contributed by atoms with van der Waals surface area (Å²) in [6, 6.07) is 14.0. The molecule has 0 saturated carbocycles. The quantitative estimate of drug-likeness (QED) is 0.555. The number of para-hydroxylation sites is 2. The Kier molecular flexibility index (Phi) is 6.92. The smallest absolute Gasteiger partial charge is 0.242 e. The first-order valence-electron chi connectivity index (χ1n) is 10.6. The van der Waals surface area contributed by atoms with Crippen molar-refractivity contribution in [2.45, 2.75) is 37.1 Å². The van der Waals surface area contributed by atoms with Gasteiger partial charge in [0.05, 0.1) is 11.4 Å². The lowest BCUT2D eigenvalue weighted by Crippen LogP contribution is -2.34. The van der Waals surface area contributed by atoms with Crippen LogP contribution in [0.3, 0.4) is 0 Å². The Balaban J connectivity index is 1.45. The molecule has 0 atom stereocenters. The predicted molar refractivity (Wildman–Crippen MR) is 123 cm³/mol. The molecule has 0 radical (unpaired) electrons. The number of carbonyl (C=O) groups excluding carboxylic acids is 2. The highest BCUT2D eigenvalue weighted by molar-refractivity contribution is 8.00. The van der Waals surface area contributed by atoms with Crippen LogP contribution in [-0.4, -0.2) is 40.1 Å². The minimum atomic E-state index is -0.454. The van der Waals surface area contributed by atoms with E-state index >= 15 is 0 Å². The maximum Gasteiger partial charge on any atom is 0.242 e. The van der Waals surface area contributed by atoms with E-state index in [-0.39, 0.29) is 23.3 Å². The summed E-state index contributed by atoms with van der Waals surface area (Å²) < 4.78 is 15.7. The lowest BCUT2D eigenvalue weighted by atomic mass is 10.2. The Morgan fingerprint density at radius 3 is 2.45 bits per heavy atom. The van der Waals surface area contributed by atoms with Crippen molar-refractivity contribution in [1.82, 2.24) is 9.47 Å². The highest BCUT2D eigenvalue weighted by atomic mass is 32.2. The molecule has 2 heterocycles. The number of hydrogen-bond acceptors (Lipinski definition) is 3. The number of benzene rings is 2. The molecule has 0 aliphatic carbocycles. The maximum atomic E-state index is 13.8. The fourth-order valence-electron chi connectivity index (χ4n) is 3.92. The molecule has 1 fully saturated rings. The van der Waals surface area contributed by atoms with E-state index in [0.29, 0.717) is 6.54 Å². The molecule has 3 aromatic rings. The number of rotatable bonds is 6. The Hall–Kier alpha value is -2.80. The number of aromatic nitrogens is 1. The van der Waals surface area contributed by atoms with Crippen LogP contribution in [0.25, 0.3) is 10.9 Å². The topological polar surface area (TPSA) is 54.3 Å². The predicted octanol–water partition coefficient (Wildman–Crippen LogP) is 4.91. The zero-order valence-electron chi connectivity index (χ0n) is 17.4. The Morgan fingerprint density at radius 1 is 0.968 bits per heavy atom. The average Bonchev–Trinajstić information content (AvgIpc) is 2.93. The number of carbonyl (C=O) groups is 2. The summed E-state index contributed by atoms with van der Waals surface area (Å²) in [6.45, 7) is 1.95. The van der Waals surface area contributed by atoms with Crippen LogP contribution >= 0.6 is 11.8 Å². The maximum absolute atomic E-state index is 13.8. The number of nitrogens with one attached hydrogen (secondary N) is 1. The fraction of sp³-hybridized carbons (Fsp3) is 0.333. The first-order chi connectivity index (χ1) is 15.1. The van der Waals surface area contributed by atoms with Crippen LogP contribution in [0.1, 0.15) is 25.7 Å². The van der Waals surface area contributed by atoms with Gasteiger partial charge in [-0.15, -0.1) is 11.8 Å². The van der Waals surface area contributed by atoms with Gasteiger partial charge in [-0.1, -0.05) is 43.2 Å². The normalized spacial score (nSPS) is 14.4. The molecule has 2 aromatic carbocycles. The molecule has 1 N–H and O–H groups in total. The third-order valence-corrected chi connectivity index (χ3v) is 6.57. The van der Waals surface area contributed by atoms with Crippen molar-refractivity contribution in [2.24, 2.45) is 0 Å². The van der Waals surface area contributed by atoms with Gasteiger partial charge in [-0.3, -0.25) is 9.59 Å². The summed E-state index contributed by atoms with van der Waals surface area (Å²) in [5.74, 6) is -0.434. The zero-order valence-corrected chi connectivity index (χ0v) is 18.2. The zero-order chi connectivity index (χ0) is 21.6. The minimum absolute atomic E-state index is 0.136. The number of hydrogen-bond donors (Lipinski definition) is 1. The van der Waals surface area contributed by atoms with Gasteiger partial charge in [-0.2, -0.15) is 0 Å². The summed E-state index contributed by atoms with van der Waals surface area (Å²) in [5, 5.41) is 3.62. The van der Waals surface area contributed by atoms with E-state index in [4.69, 9.17) is 0 Å². The second-order valence-electron chi connectivity index (χ2n) is 7.75. The van der Waals surface area contributed by atoms with Crippen LogP contribution in [0.2, 0.25) is 0 Å². The summed E-state index contributed by atoms with van der Waals surface area (Å²) in [5.41, 5.74) is 1.15. The van der Waals surface area contributed by atoms with Gasteiger partial charge in [0, 0.05) is 35.1 Å². The van der Waals surface area contributed by atoms with Crippen molar-refractivity contribution in [3.05, 3.63) is 60.5 Å². The number of anilines is 1. The van der Waals surface area contributed by atoms with Crippen molar-refractivity contribution in [3.63, 3.8) is 0 Å². The van der Waals surface area contributed by atoms with E-state index in [9.17, 15) is 14.0 Å². The van der Waals surface area contributed by atoms with Crippen molar-refractivity contribution >= 4 is 40.2 Å². The first kappa shape index (κ1) is 21.4. The summed E-state index contributed by atoms with van der Waals surface area (Å²) in [6.07, 6.45) is 6.45. The standard InChI is InChI=1S/C24H26FN3O2S/c25-19-10-4-5-11-20(19)26-23(29)17-31-22-15-28(21-12-6-3-9-18(21)22)16-24(30)27-13-7-1-2-8-14-27/h3-6,9-12,15H,1-2,7-8,13-14,16-17H2,(H,26,29). The van der Waals surface area contributed by atoms with E-state index in [1.54, 1.807) is 12.1 Å². The molecule has 1 aliphatic rings. The molecule has 7 heteroatoms. The highest BCUT2D eigenvalue weighted by Crippen LogP contribution is 2.30. The molecular weight excluding hydrogens is 413 g/mol. The number of fused-ring (bicyclic) bond motifs is 1. The monoisotopic (exact) mass is 439 g/mol. The van der Waals surface area contributed by atoms with Crippen LogP contribution in [-0.2, 0) is 16.1 Å². The van der Waals surface area contributed by atoms with Gasteiger partial charge in [0.1, 0.15) is 12.4 Å².